The minimum absolute atomic E-state index is 0.148. The number of para-hydroxylation sites is 1. The molecule has 7 nitrogen and oxygen atoms in total. The molecule has 8 heteroatoms. The molecule has 1 aliphatic heterocycles. The first-order valence-electron chi connectivity index (χ1n) is 9.45. The number of aromatic nitrogens is 2. The van der Waals surface area contributed by atoms with Gasteiger partial charge in [0.1, 0.15) is 5.82 Å². The Morgan fingerprint density at radius 2 is 2.07 bits per heavy atom. The van der Waals surface area contributed by atoms with Crippen molar-refractivity contribution in [3.63, 3.8) is 0 Å². The Morgan fingerprint density at radius 1 is 1.25 bits per heavy atom. The smallest absolute Gasteiger partial charge is 0.257 e. The second-order valence-corrected chi connectivity index (χ2v) is 7.60. The van der Waals surface area contributed by atoms with Gasteiger partial charge in [0.15, 0.2) is 16.7 Å². The zero-order chi connectivity index (χ0) is 20.1. The van der Waals surface area contributed by atoms with E-state index in [-0.39, 0.29) is 17.9 Å². The number of carbonyl (C=O) groups excluding carboxylic acids is 1. The molecule has 1 amide bonds. The molecular formula is C20H25N3O4S. The predicted molar refractivity (Wildman–Crippen MR) is 110 cm³/mol. The molecule has 0 saturated heterocycles. The number of hydrogen-bond acceptors (Lipinski definition) is 6. The van der Waals surface area contributed by atoms with Gasteiger partial charge in [0.25, 0.3) is 5.56 Å². The third kappa shape index (κ3) is 4.16. The van der Waals surface area contributed by atoms with Crippen LogP contribution in [0.3, 0.4) is 0 Å². The van der Waals surface area contributed by atoms with Crippen LogP contribution in [0, 0.1) is 0 Å². The number of carbonyl (C=O) groups is 1. The number of thioether (sulfide) groups is 1. The van der Waals surface area contributed by atoms with Crippen molar-refractivity contribution in [1.82, 2.24) is 9.97 Å². The monoisotopic (exact) mass is 403 g/mol. The fourth-order valence-corrected chi connectivity index (χ4v) is 3.93. The summed E-state index contributed by atoms with van der Waals surface area (Å²) in [7, 11) is 1.57. The predicted octanol–water partition coefficient (Wildman–Crippen LogP) is 3.54. The molecule has 1 aliphatic rings. The lowest BCUT2D eigenvalue weighted by Gasteiger charge is -2.26. The van der Waals surface area contributed by atoms with Crippen LogP contribution in [0.15, 0.2) is 28.2 Å². The molecule has 0 aliphatic carbocycles. The third-order valence-electron chi connectivity index (χ3n) is 4.43. The first kappa shape index (κ1) is 20.3. The molecule has 1 unspecified atom stereocenters. The first-order valence-corrected chi connectivity index (χ1v) is 10.4. The molecule has 2 heterocycles. The lowest BCUT2D eigenvalue weighted by Crippen LogP contribution is -2.31. The van der Waals surface area contributed by atoms with Crippen LogP contribution in [0.4, 0.5) is 5.82 Å². The maximum atomic E-state index is 12.9. The highest BCUT2D eigenvalue weighted by molar-refractivity contribution is 7.99. The minimum Gasteiger partial charge on any atom is -0.493 e. The number of amides is 1. The number of hydrogen-bond donors (Lipinski definition) is 2. The van der Waals surface area contributed by atoms with E-state index in [9.17, 15) is 9.59 Å². The number of nitrogens with one attached hydrogen (secondary N) is 2. The average Bonchev–Trinajstić information content (AvgIpc) is 2.69. The quantitative estimate of drug-likeness (QED) is 0.517. The Bertz CT molecular complexity index is 913. The molecule has 2 N–H and O–H groups in total. The molecule has 0 bridgehead atoms. The van der Waals surface area contributed by atoms with E-state index in [0.29, 0.717) is 34.6 Å². The van der Waals surface area contributed by atoms with Gasteiger partial charge in [-0.15, -0.1) is 0 Å². The van der Waals surface area contributed by atoms with Gasteiger partial charge in [-0.3, -0.25) is 9.59 Å². The molecule has 2 aromatic rings. The number of rotatable bonds is 8. The van der Waals surface area contributed by atoms with E-state index >= 15 is 0 Å². The summed E-state index contributed by atoms with van der Waals surface area (Å²) in [6, 6.07) is 5.53. The van der Waals surface area contributed by atoms with Crippen molar-refractivity contribution >= 4 is 23.5 Å². The highest BCUT2D eigenvalue weighted by atomic mass is 32.2. The van der Waals surface area contributed by atoms with Crippen molar-refractivity contribution in [2.75, 3.05) is 24.8 Å². The van der Waals surface area contributed by atoms with Crippen LogP contribution in [0.1, 0.15) is 50.2 Å². The van der Waals surface area contributed by atoms with Gasteiger partial charge in [0.2, 0.25) is 5.91 Å². The summed E-state index contributed by atoms with van der Waals surface area (Å²) in [4.78, 5) is 32.6. The summed E-state index contributed by atoms with van der Waals surface area (Å²) in [5.74, 6) is 1.69. The van der Waals surface area contributed by atoms with Gasteiger partial charge in [-0.1, -0.05) is 37.7 Å². The topological polar surface area (TPSA) is 93.3 Å². The largest absolute Gasteiger partial charge is 0.493 e. The standard InChI is InChI=1S/C20H25N3O4S/c1-4-9-27-17-12(7-6-8-14(17)26-3)13-11-15(24)21-18-16(13)19(25)23-20(22-18)28-10-5-2/h6-8,13H,4-5,9-11H2,1-3H3,(H2,21,22,23,24,25). The fraction of sp³-hybridized carbons (Fsp3) is 0.450. The molecule has 1 aromatic carbocycles. The van der Waals surface area contributed by atoms with E-state index in [4.69, 9.17) is 9.47 Å². The molecule has 0 radical (unpaired) electrons. The Labute approximate surface area is 168 Å². The highest BCUT2D eigenvalue weighted by Crippen LogP contribution is 2.42. The Kier molecular flexibility index (Phi) is 6.61. The minimum atomic E-state index is -0.452. The summed E-state index contributed by atoms with van der Waals surface area (Å²) >= 11 is 1.46. The summed E-state index contributed by atoms with van der Waals surface area (Å²) in [6.07, 6.45) is 1.94. The molecule has 150 valence electrons. The second kappa shape index (κ2) is 9.14. The number of H-pyrrole nitrogens is 1. The van der Waals surface area contributed by atoms with Gasteiger partial charge >= 0.3 is 0 Å². The summed E-state index contributed by atoms with van der Waals surface area (Å²) in [5, 5.41) is 3.27. The Balaban J connectivity index is 2.10. The molecule has 0 fully saturated rings. The number of anilines is 1. The molecule has 0 spiro atoms. The molecule has 28 heavy (non-hydrogen) atoms. The van der Waals surface area contributed by atoms with E-state index in [0.717, 1.165) is 24.2 Å². The number of aromatic amines is 1. The van der Waals surface area contributed by atoms with E-state index in [2.05, 4.69) is 22.2 Å². The zero-order valence-corrected chi connectivity index (χ0v) is 17.1. The number of ether oxygens (including phenoxy) is 2. The van der Waals surface area contributed by atoms with Crippen LogP contribution in [0.2, 0.25) is 0 Å². The fourth-order valence-electron chi connectivity index (χ4n) is 3.21. The van der Waals surface area contributed by atoms with Crippen molar-refractivity contribution in [3.05, 3.63) is 39.7 Å². The van der Waals surface area contributed by atoms with Crippen LogP contribution in [0.25, 0.3) is 0 Å². The lowest BCUT2D eigenvalue weighted by atomic mass is 9.86. The van der Waals surface area contributed by atoms with Crippen LogP contribution in [-0.2, 0) is 4.79 Å². The van der Waals surface area contributed by atoms with Crippen LogP contribution >= 0.6 is 11.8 Å². The number of methoxy groups -OCH3 is 1. The lowest BCUT2D eigenvalue weighted by molar-refractivity contribution is -0.116. The maximum Gasteiger partial charge on any atom is 0.257 e. The van der Waals surface area contributed by atoms with Gasteiger partial charge in [0, 0.05) is 23.7 Å². The van der Waals surface area contributed by atoms with E-state index in [1.54, 1.807) is 7.11 Å². The SMILES string of the molecule is CCCOc1c(OC)cccc1C1CC(=O)Nc2nc(SCCC)[nH]c(=O)c21. The summed E-state index contributed by atoms with van der Waals surface area (Å²) < 4.78 is 11.4. The zero-order valence-electron chi connectivity index (χ0n) is 16.3. The van der Waals surface area contributed by atoms with Crippen molar-refractivity contribution in [2.45, 2.75) is 44.2 Å². The normalized spacial score (nSPS) is 15.7. The van der Waals surface area contributed by atoms with E-state index in [1.165, 1.54) is 11.8 Å². The Hall–Kier alpha value is -2.48. The summed E-state index contributed by atoms with van der Waals surface area (Å²) in [6.45, 7) is 4.59. The van der Waals surface area contributed by atoms with Gasteiger partial charge in [-0.25, -0.2) is 4.98 Å². The van der Waals surface area contributed by atoms with Gasteiger partial charge < -0.3 is 19.8 Å². The summed E-state index contributed by atoms with van der Waals surface area (Å²) in [5.41, 5.74) is 0.970. The third-order valence-corrected chi connectivity index (χ3v) is 5.51. The van der Waals surface area contributed by atoms with Crippen LogP contribution < -0.4 is 20.3 Å². The van der Waals surface area contributed by atoms with Crippen molar-refractivity contribution in [2.24, 2.45) is 0 Å². The van der Waals surface area contributed by atoms with Gasteiger partial charge in [-0.2, -0.15) is 0 Å². The molecule has 0 saturated carbocycles. The highest BCUT2D eigenvalue weighted by Gasteiger charge is 2.33. The molecular weight excluding hydrogens is 378 g/mol. The molecule has 1 atom stereocenters. The van der Waals surface area contributed by atoms with Gasteiger partial charge in [-0.05, 0) is 18.9 Å². The van der Waals surface area contributed by atoms with Crippen molar-refractivity contribution in [3.8, 4) is 11.5 Å². The van der Waals surface area contributed by atoms with Gasteiger partial charge in [0.05, 0.1) is 19.3 Å². The maximum absolute atomic E-state index is 12.9. The van der Waals surface area contributed by atoms with Crippen molar-refractivity contribution in [1.29, 1.82) is 0 Å². The van der Waals surface area contributed by atoms with Crippen molar-refractivity contribution < 1.29 is 14.3 Å². The van der Waals surface area contributed by atoms with E-state index < -0.39 is 5.92 Å². The van der Waals surface area contributed by atoms with Crippen LogP contribution in [0.5, 0.6) is 11.5 Å². The molecule has 1 aromatic heterocycles. The number of benzene rings is 1. The first-order chi connectivity index (χ1) is 13.6. The number of nitrogens with zero attached hydrogens (tertiary/aromatic N) is 1. The molecule has 3 rings (SSSR count). The Morgan fingerprint density at radius 3 is 2.79 bits per heavy atom. The number of fused-ring (bicyclic) bond motifs is 1. The second-order valence-electron chi connectivity index (χ2n) is 6.51. The van der Waals surface area contributed by atoms with E-state index in [1.807, 2.05) is 25.1 Å². The van der Waals surface area contributed by atoms with Crippen LogP contribution in [-0.4, -0.2) is 35.3 Å². The average molecular weight is 404 g/mol.